The van der Waals surface area contributed by atoms with E-state index in [1.54, 1.807) is 11.5 Å². The van der Waals surface area contributed by atoms with Crippen LogP contribution < -0.4 is 10.4 Å². The van der Waals surface area contributed by atoms with Crippen molar-refractivity contribution in [3.05, 3.63) is 65.2 Å². The van der Waals surface area contributed by atoms with Crippen LogP contribution in [0.2, 0.25) is 0 Å². The van der Waals surface area contributed by atoms with Gasteiger partial charge in [-0.15, -0.1) is 0 Å². The normalized spacial score (nSPS) is 15.5. The predicted molar refractivity (Wildman–Crippen MR) is 89.5 cm³/mol. The molecule has 0 unspecified atom stereocenters. The van der Waals surface area contributed by atoms with Crippen LogP contribution in [-0.4, -0.2) is 36.2 Å². The number of carbonyl (C=O) groups excluding carboxylic acids is 1. The number of nitrogens with zero attached hydrogens (tertiary/aromatic N) is 2. The fourth-order valence-corrected chi connectivity index (χ4v) is 2.94. The summed E-state index contributed by atoms with van der Waals surface area (Å²) in [5, 5.41) is 8.82. The highest BCUT2D eigenvalue weighted by Crippen LogP contribution is 2.23. The van der Waals surface area contributed by atoms with E-state index in [4.69, 9.17) is 5.21 Å². The van der Waals surface area contributed by atoms with Gasteiger partial charge in [-0.3, -0.25) is 10.0 Å². The van der Waals surface area contributed by atoms with E-state index in [1.165, 1.54) is 11.3 Å². The Bertz CT molecular complexity index is 688. The highest BCUT2D eigenvalue weighted by Gasteiger charge is 2.17. The number of nitrogens with one attached hydrogen (secondary N) is 1. The zero-order chi connectivity index (χ0) is 16.2. The fourth-order valence-electron chi connectivity index (χ4n) is 2.94. The van der Waals surface area contributed by atoms with Crippen molar-refractivity contribution in [1.82, 2.24) is 10.4 Å². The summed E-state index contributed by atoms with van der Waals surface area (Å²) in [4.78, 5) is 16.2. The number of rotatable bonds is 2. The van der Waals surface area contributed by atoms with Gasteiger partial charge in [-0.05, 0) is 42.4 Å². The third kappa shape index (κ3) is 3.52. The average Bonchev–Trinajstić information content (AvgIpc) is 2.57. The van der Waals surface area contributed by atoms with E-state index >= 15 is 0 Å². The Hall–Kier alpha value is -2.37. The van der Waals surface area contributed by atoms with Crippen molar-refractivity contribution in [2.24, 2.45) is 0 Å². The summed E-state index contributed by atoms with van der Waals surface area (Å²) in [6, 6.07) is 16.0. The quantitative estimate of drug-likeness (QED) is 0.660. The van der Waals surface area contributed by atoms with Crippen LogP contribution in [0.25, 0.3) is 0 Å². The number of amides is 1. The monoisotopic (exact) mass is 311 g/mol. The molecule has 0 aliphatic carbocycles. The van der Waals surface area contributed by atoms with E-state index in [0.29, 0.717) is 5.56 Å². The molecule has 1 aliphatic rings. The second-order valence-electron chi connectivity index (χ2n) is 5.92. The number of para-hydroxylation sites is 1. The van der Waals surface area contributed by atoms with E-state index < -0.39 is 5.91 Å². The van der Waals surface area contributed by atoms with E-state index in [0.717, 1.165) is 31.7 Å². The van der Waals surface area contributed by atoms with Gasteiger partial charge in [0.2, 0.25) is 0 Å². The molecule has 0 atom stereocenters. The smallest absolute Gasteiger partial charge is 0.274 e. The van der Waals surface area contributed by atoms with Crippen molar-refractivity contribution in [1.29, 1.82) is 0 Å². The number of hydrogen-bond acceptors (Lipinski definition) is 4. The fraction of sp³-hybridized carbons (Fsp3) is 0.278. The molecular formula is C18H21N3O2. The predicted octanol–water partition coefficient (Wildman–Crippen LogP) is 2.26. The van der Waals surface area contributed by atoms with Crippen LogP contribution in [-0.2, 0) is 13.1 Å². The van der Waals surface area contributed by atoms with E-state index in [1.807, 2.05) is 30.3 Å². The molecule has 23 heavy (non-hydrogen) atoms. The molecule has 0 spiro atoms. The van der Waals surface area contributed by atoms with Crippen LogP contribution in [0.3, 0.4) is 0 Å². The molecule has 0 saturated carbocycles. The molecule has 1 aliphatic heterocycles. The maximum absolute atomic E-state index is 11.6. The van der Waals surface area contributed by atoms with E-state index in [9.17, 15) is 4.79 Å². The molecule has 2 aromatic rings. The molecule has 1 amide bonds. The van der Waals surface area contributed by atoms with Crippen LogP contribution in [0.4, 0.5) is 5.69 Å². The van der Waals surface area contributed by atoms with Crippen molar-refractivity contribution >= 4 is 11.6 Å². The summed E-state index contributed by atoms with van der Waals surface area (Å²) in [5.74, 6) is -0.475. The molecule has 5 heteroatoms. The van der Waals surface area contributed by atoms with Gasteiger partial charge in [-0.2, -0.15) is 0 Å². The van der Waals surface area contributed by atoms with Gasteiger partial charge in [0.1, 0.15) is 0 Å². The van der Waals surface area contributed by atoms with Crippen LogP contribution in [0.5, 0.6) is 0 Å². The summed E-state index contributed by atoms with van der Waals surface area (Å²) in [5.41, 5.74) is 5.70. The van der Waals surface area contributed by atoms with Gasteiger partial charge in [0, 0.05) is 37.4 Å². The summed E-state index contributed by atoms with van der Waals surface area (Å²) >= 11 is 0. The maximum Gasteiger partial charge on any atom is 0.274 e. The topological polar surface area (TPSA) is 55.8 Å². The molecule has 5 nitrogen and oxygen atoms in total. The number of carbonyl (C=O) groups is 1. The van der Waals surface area contributed by atoms with Crippen LogP contribution in [0.15, 0.2) is 48.5 Å². The zero-order valence-electron chi connectivity index (χ0n) is 13.2. The Balaban J connectivity index is 1.94. The molecule has 0 bridgehead atoms. The Morgan fingerprint density at radius 3 is 2.57 bits per heavy atom. The van der Waals surface area contributed by atoms with Gasteiger partial charge in [-0.1, -0.05) is 24.3 Å². The van der Waals surface area contributed by atoms with Crippen molar-refractivity contribution < 1.29 is 10.0 Å². The Morgan fingerprint density at radius 1 is 1.04 bits per heavy atom. The van der Waals surface area contributed by atoms with Gasteiger partial charge in [-0.25, -0.2) is 5.48 Å². The van der Waals surface area contributed by atoms with Gasteiger partial charge < -0.3 is 9.80 Å². The molecule has 0 fully saturated rings. The van der Waals surface area contributed by atoms with Crippen molar-refractivity contribution in [2.45, 2.75) is 13.1 Å². The molecule has 2 aromatic carbocycles. The van der Waals surface area contributed by atoms with Crippen molar-refractivity contribution in [2.75, 3.05) is 25.0 Å². The molecule has 3 rings (SSSR count). The van der Waals surface area contributed by atoms with E-state index in [-0.39, 0.29) is 0 Å². The first kappa shape index (κ1) is 15.5. The minimum Gasteiger partial charge on any atom is -0.366 e. The van der Waals surface area contributed by atoms with Crippen LogP contribution in [0.1, 0.15) is 21.5 Å². The molecule has 2 N–H and O–H groups in total. The number of anilines is 1. The summed E-state index contributed by atoms with van der Waals surface area (Å²) in [6.07, 6.45) is 0. The average molecular weight is 311 g/mol. The van der Waals surface area contributed by atoms with E-state index in [2.05, 4.69) is 29.0 Å². The Labute approximate surface area is 136 Å². The second kappa shape index (κ2) is 6.81. The standard InChI is InChI=1S/C18H21N3O2/c1-20-9-10-21(17-5-3-2-4-6-17)13-15-8-7-14(18(22)19-23)11-16(15)12-20/h2-8,11,23H,9-10,12-13H2,1H3,(H,19,22). The molecule has 0 aromatic heterocycles. The molecule has 0 radical (unpaired) electrons. The Morgan fingerprint density at radius 2 is 1.83 bits per heavy atom. The second-order valence-corrected chi connectivity index (χ2v) is 5.92. The van der Waals surface area contributed by atoms with Gasteiger partial charge in [0.25, 0.3) is 5.91 Å². The Kier molecular flexibility index (Phi) is 4.60. The summed E-state index contributed by atoms with van der Waals surface area (Å²) < 4.78 is 0. The minimum atomic E-state index is -0.475. The number of hydroxylamine groups is 1. The SMILES string of the molecule is CN1CCN(c2ccccc2)Cc2ccc(C(=O)NO)cc2C1. The first-order chi connectivity index (χ1) is 11.2. The summed E-state index contributed by atoms with van der Waals surface area (Å²) in [6.45, 7) is 3.52. The first-order valence-corrected chi connectivity index (χ1v) is 7.72. The lowest BCUT2D eigenvalue weighted by Gasteiger charge is -2.32. The van der Waals surface area contributed by atoms with Crippen LogP contribution in [0, 0.1) is 0 Å². The lowest BCUT2D eigenvalue weighted by Crippen LogP contribution is -2.36. The molecular weight excluding hydrogens is 290 g/mol. The number of benzene rings is 2. The first-order valence-electron chi connectivity index (χ1n) is 7.72. The van der Waals surface area contributed by atoms with Gasteiger partial charge >= 0.3 is 0 Å². The third-order valence-electron chi connectivity index (χ3n) is 4.24. The van der Waals surface area contributed by atoms with Crippen LogP contribution >= 0.6 is 0 Å². The molecule has 1 heterocycles. The summed E-state index contributed by atoms with van der Waals surface area (Å²) in [7, 11) is 2.08. The molecule has 0 saturated heterocycles. The lowest BCUT2D eigenvalue weighted by atomic mass is 10.0. The highest BCUT2D eigenvalue weighted by atomic mass is 16.5. The molecule has 120 valence electrons. The lowest BCUT2D eigenvalue weighted by molar-refractivity contribution is 0.0706. The number of likely N-dealkylation sites (N-methyl/N-ethyl adjacent to an activating group) is 1. The van der Waals surface area contributed by atoms with Crippen molar-refractivity contribution in [3.63, 3.8) is 0 Å². The maximum atomic E-state index is 11.6. The van der Waals surface area contributed by atoms with Gasteiger partial charge in [0.15, 0.2) is 0 Å². The minimum absolute atomic E-state index is 0.475. The third-order valence-corrected chi connectivity index (χ3v) is 4.24. The van der Waals surface area contributed by atoms with Crippen molar-refractivity contribution in [3.8, 4) is 0 Å². The number of hydrogen-bond donors (Lipinski definition) is 2. The highest BCUT2D eigenvalue weighted by molar-refractivity contribution is 5.93. The largest absolute Gasteiger partial charge is 0.366 e. The number of fused-ring (bicyclic) bond motifs is 1. The zero-order valence-corrected chi connectivity index (χ0v) is 13.2. The van der Waals surface area contributed by atoms with Gasteiger partial charge in [0.05, 0.1) is 0 Å².